The summed E-state index contributed by atoms with van der Waals surface area (Å²) >= 11 is 0. The predicted molar refractivity (Wildman–Crippen MR) is 124 cm³/mol. The highest BCUT2D eigenvalue weighted by Gasteiger charge is 2.42. The lowest BCUT2D eigenvalue weighted by Gasteiger charge is -2.29. The Balaban J connectivity index is 1.68. The number of anilines is 1. The summed E-state index contributed by atoms with van der Waals surface area (Å²) in [6.07, 6.45) is 3.97. The van der Waals surface area contributed by atoms with Crippen LogP contribution in [0, 0.1) is 12.8 Å². The van der Waals surface area contributed by atoms with Crippen molar-refractivity contribution in [3.63, 3.8) is 0 Å². The third kappa shape index (κ3) is 3.94. The first-order chi connectivity index (χ1) is 14.5. The Bertz CT molecular complexity index is 1050. The van der Waals surface area contributed by atoms with Gasteiger partial charge < -0.3 is 10.1 Å². The van der Waals surface area contributed by atoms with Crippen LogP contribution in [-0.4, -0.2) is 12.5 Å². The minimum absolute atomic E-state index is 0.103. The molecule has 1 saturated carbocycles. The molecule has 3 aromatic carbocycles. The maximum Gasteiger partial charge on any atom is 0.235 e. The Kier molecular flexibility index (Phi) is 5.80. The average molecular weight is 402 g/mol. The number of rotatable bonds is 6. The summed E-state index contributed by atoms with van der Waals surface area (Å²) in [5.41, 5.74) is 2.74. The van der Waals surface area contributed by atoms with Crippen LogP contribution in [0.1, 0.15) is 50.7 Å². The van der Waals surface area contributed by atoms with E-state index >= 15 is 0 Å². The van der Waals surface area contributed by atoms with Crippen LogP contribution in [0.25, 0.3) is 10.8 Å². The molecule has 0 heterocycles. The van der Waals surface area contributed by atoms with E-state index in [0.29, 0.717) is 12.5 Å². The van der Waals surface area contributed by atoms with E-state index in [4.69, 9.17) is 4.74 Å². The smallest absolute Gasteiger partial charge is 0.235 e. The fraction of sp³-hybridized carbons (Fsp3) is 0.370. The predicted octanol–water partition coefficient (Wildman–Crippen LogP) is 6.63. The van der Waals surface area contributed by atoms with Gasteiger partial charge in [-0.2, -0.15) is 0 Å². The number of hydrogen-bond acceptors (Lipinski definition) is 2. The molecule has 0 radical (unpaired) electrons. The first-order valence-electron chi connectivity index (χ1n) is 11.0. The summed E-state index contributed by atoms with van der Waals surface area (Å²) in [5, 5.41) is 5.34. The molecule has 0 aromatic heterocycles. The molecule has 1 fully saturated rings. The summed E-state index contributed by atoms with van der Waals surface area (Å²) in [4.78, 5) is 13.6. The van der Waals surface area contributed by atoms with Crippen LogP contribution >= 0.6 is 0 Å². The van der Waals surface area contributed by atoms with Gasteiger partial charge in [0.05, 0.1) is 12.0 Å². The molecule has 0 unspecified atom stereocenters. The van der Waals surface area contributed by atoms with Crippen molar-refractivity contribution < 1.29 is 9.53 Å². The van der Waals surface area contributed by atoms with Gasteiger partial charge in [0.15, 0.2) is 0 Å². The van der Waals surface area contributed by atoms with E-state index in [2.05, 4.69) is 62.5 Å². The van der Waals surface area contributed by atoms with Gasteiger partial charge in [0.1, 0.15) is 5.75 Å². The fourth-order valence-corrected chi connectivity index (χ4v) is 4.57. The monoisotopic (exact) mass is 401 g/mol. The number of nitrogens with one attached hydrogen (secondary N) is 1. The summed E-state index contributed by atoms with van der Waals surface area (Å²) in [7, 11) is 0. The van der Waals surface area contributed by atoms with Gasteiger partial charge in [-0.25, -0.2) is 0 Å². The Morgan fingerprint density at radius 1 is 1.00 bits per heavy atom. The molecule has 0 spiro atoms. The standard InChI is InChI=1S/C27H31NO2/c1-19(2)18-30-25-14-13-24(22-11-4-5-12-23(22)25)28-26(29)27(15-6-7-16-27)21-10-8-9-20(3)17-21/h4-5,8-14,17,19H,6-7,15-16,18H2,1-3H3,(H,28,29). The molecule has 0 atom stereocenters. The van der Waals surface area contributed by atoms with Crippen molar-refractivity contribution in [1.29, 1.82) is 0 Å². The number of benzene rings is 3. The Morgan fingerprint density at radius 3 is 2.43 bits per heavy atom. The Hall–Kier alpha value is -2.81. The van der Waals surface area contributed by atoms with Crippen molar-refractivity contribution in [2.24, 2.45) is 5.92 Å². The maximum absolute atomic E-state index is 13.6. The Morgan fingerprint density at radius 2 is 1.73 bits per heavy atom. The molecular formula is C27H31NO2. The van der Waals surface area contributed by atoms with Crippen LogP contribution in [-0.2, 0) is 10.2 Å². The van der Waals surface area contributed by atoms with Crippen molar-refractivity contribution in [2.75, 3.05) is 11.9 Å². The second kappa shape index (κ2) is 8.51. The molecule has 3 nitrogen and oxygen atoms in total. The van der Waals surface area contributed by atoms with E-state index in [0.717, 1.165) is 53.5 Å². The molecule has 4 rings (SSSR count). The first-order valence-corrected chi connectivity index (χ1v) is 11.0. The van der Waals surface area contributed by atoms with Gasteiger partial charge in [-0.1, -0.05) is 80.8 Å². The highest BCUT2D eigenvalue weighted by molar-refractivity contribution is 6.07. The molecule has 3 heteroatoms. The third-order valence-electron chi connectivity index (χ3n) is 6.17. The third-order valence-corrected chi connectivity index (χ3v) is 6.17. The summed E-state index contributed by atoms with van der Waals surface area (Å²) in [6, 6.07) is 20.5. The van der Waals surface area contributed by atoms with E-state index in [1.165, 1.54) is 5.56 Å². The molecule has 0 bridgehead atoms. The molecule has 1 amide bonds. The van der Waals surface area contributed by atoms with Crippen molar-refractivity contribution in [1.82, 2.24) is 0 Å². The molecule has 30 heavy (non-hydrogen) atoms. The number of aryl methyl sites for hydroxylation is 1. The molecule has 3 aromatic rings. The fourth-order valence-electron chi connectivity index (χ4n) is 4.57. The van der Waals surface area contributed by atoms with Crippen LogP contribution in [0.4, 0.5) is 5.69 Å². The largest absolute Gasteiger partial charge is 0.493 e. The van der Waals surface area contributed by atoms with Crippen LogP contribution < -0.4 is 10.1 Å². The quantitative estimate of drug-likeness (QED) is 0.503. The minimum Gasteiger partial charge on any atom is -0.493 e. The van der Waals surface area contributed by atoms with E-state index in [1.807, 2.05) is 24.3 Å². The van der Waals surface area contributed by atoms with Crippen LogP contribution in [0.15, 0.2) is 60.7 Å². The summed E-state index contributed by atoms with van der Waals surface area (Å²) < 4.78 is 6.03. The molecule has 0 aliphatic heterocycles. The molecule has 156 valence electrons. The molecule has 1 N–H and O–H groups in total. The lowest BCUT2D eigenvalue weighted by molar-refractivity contribution is -0.121. The van der Waals surface area contributed by atoms with E-state index in [9.17, 15) is 4.79 Å². The average Bonchev–Trinajstić information content (AvgIpc) is 3.24. The zero-order valence-electron chi connectivity index (χ0n) is 18.2. The maximum atomic E-state index is 13.6. The number of carbonyl (C=O) groups excluding carboxylic acids is 1. The van der Waals surface area contributed by atoms with Gasteiger partial charge in [0.2, 0.25) is 5.91 Å². The number of amides is 1. The van der Waals surface area contributed by atoms with Crippen LogP contribution in [0.2, 0.25) is 0 Å². The van der Waals surface area contributed by atoms with Crippen molar-refractivity contribution >= 4 is 22.4 Å². The molecule has 0 saturated heterocycles. The number of fused-ring (bicyclic) bond motifs is 1. The summed E-state index contributed by atoms with van der Waals surface area (Å²) in [5.74, 6) is 1.43. The normalized spacial score (nSPS) is 15.5. The highest BCUT2D eigenvalue weighted by Crippen LogP contribution is 2.43. The number of hydrogen-bond donors (Lipinski definition) is 1. The second-order valence-electron chi connectivity index (χ2n) is 8.97. The van der Waals surface area contributed by atoms with Gasteiger partial charge in [0.25, 0.3) is 0 Å². The van der Waals surface area contributed by atoms with E-state index in [-0.39, 0.29) is 5.91 Å². The van der Waals surface area contributed by atoms with Gasteiger partial charge in [-0.3, -0.25) is 4.79 Å². The zero-order chi connectivity index (χ0) is 21.1. The summed E-state index contributed by atoms with van der Waals surface area (Å²) in [6.45, 7) is 7.05. The van der Waals surface area contributed by atoms with Crippen molar-refractivity contribution in [3.8, 4) is 5.75 Å². The van der Waals surface area contributed by atoms with Gasteiger partial charge in [-0.05, 0) is 43.4 Å². The van der Waals surface area contributed by atoms with Crippen LogP contribution in [0.5, 0.6) is 5.75 Å². The molecule has 1 aliphatic rings. The molecule has 1 aliphatic carbocycles. The topological polar surface area (TPSA) is 38.3 Å². The van der Waals surface area contributed by atoms with Crippen molar-refractivity contribution in [3.05, 3.63) is 71.8 Å². The lowest BCUT2D eigenvalue weighted by Crippen LogP contribution is -2.38. The number of carbonyl (C=O) groups is 1. The van der Waals surface area contributed by atoms with E-state index < -0.39 is 5.41 Å². The second-order valence-corrected chi connectivity index (χ2v) is 8.97. The number of ether oxygens (including phenoxy) is 1. The zero-order valence-corrected chi connectivity index (χ0v) is 18.2. The first kappa shape index (κ1) is 20.5. The van der Waals surface area contributed by atoms with Crippen molar-refractivity contribution in [2.45, 2.75) is 51.9 Å². The lowest BCUT2D eigenvalue weighted by atomic mass is 9.77. The van der Waals surface area contributed by atoms with E-state index in [1.54, 1.807) is 0 Å². The molecular weight excluding hydrogens is 370 g/mol. The van der Waals surface area contributed by atoms with Gasteiger partial charge in [-0.15, -0.1) is 0 Å². The van der Waals surface area contributed by atoms with Crippen LogP contribution in [0.3, 0.4) is 0 Å². The van der Waals surface area contributed by atoms with Gasteiger partial charge in [0, 0.05) is 16.5 Å². The Labute approximate surface area is 179 Å². The minimum atomic E-state index is -0.445. The SMILES string of the molecule is Cc1cccc(C2(C(=O)Nc3ccc(OCC(C)C)c4ccccc34)CCCC2)c1. The highest BCUT2D eigenvalue weighted by atomic mass is 16.5. The van der Waals surface area contributed by atoms with Gasteiger partial charge >= 0.3 is 0 Å².